The summed E-state index contributed by atoms with van der Waals surface area (Å²) in [6.45, 7) is 0. The third kappa shape index (κ3) is 2.79. The van der Waals surface area contributed by atoms with E-state index in [-0.39, 0.29) is 17.9 Å². The van der Waals surface area contributed by atoms with E-state index in [9.17, 15) is 18.8 Å². The maximum Gasteiger partial charge on any atom is 0.152 e. The number of aliphatic hydroxyl groups excluding tert-OH is 1. The van der Waals surface area contributed by atoms with Crippen molar-refractivity contribution in [2.75, 3.05) is 11.5 Å². The molecule has 1 N–H and O–H groups in total. The van der Waals surface area contributed by atoms with Crippen molar-refractivity contribution in [2.24, 2.45) is 5.41 Å². The van der Waals surface area contributed by atoms with Crippen LogP contribution in [-0.4, -0.2) is 25.0 Å². The van der Waals surface area contributed by atoms with Crippen molar-refractivity contribution in [3.05, 3.63) is 33.3 Å². The van der Waals surface area contributed by atoms with Crippen LogP contribution in [0, 0.1) is 16.7 Å². The Morgan fingerprint density at radius 3 is 2.74 bits per heavy atom. The summed E-state index contributed by atoms with van der Waals surface area (Å²) in [6, 6.07) is 6.83. The maximum absolute atomic E-state index is 11.6. The Morgan fingerprint density at radius 1 is 1.53 bits per heavy atom. The van der Waals surface area contributed by atoms with E-state index in [0.29, 0.717) is 15.1 Å². The largest absolute Gasteiger partial charge is 0.387 e. The molecule has 4 nitrogen and oxygen atoms in total. The Bertz CT molecular complexity index is 655. The molecule has 1 fully saturated rings. The van der Waals surface area contributed by atoms with E-state index in [2.05, 4.69) is 15.9 Å². The van der Waals surface area contributed by atoms with E-state index in [0.717, 1.165) is 0 Å². The zero-order chi connectivity index (χ0) is 14.3. The maximum atomic E-state index is 11.6. The van der Waals surface area contributed by atoms with Crippen LogP contribution in [0.15, 0.2) is 22.7 Å². The summed E-state index contributed by atoms with van der Waals surface area (Å²) in [7, 11) is -3.27. The molecule has 1 aliphatic rings. The van der Waals surface area contributed by atoms with E-state index in [1.807, 2.05) is 6.07 Å². The summed E-state index contributed by atoms with van der Waals surface area (Å²) in [5, 5.41) is 20.2. The van der Waals surface area contributed by atoms with Gasteiger partial charge in [-0.05, 0) is 30.2 Å². The summed E-state index contributed by atoms with van der Waals surface area (Å²) >= 11 is 9.16. The number of rotatable bonds is 2. The number of hydrogen-bond donors (Lipinski definition) is 1. The lowest BCUT2D eigenvalue weighted by Crippen LogP contribution is -2.29. The fourth-order valence-corrected chi connectivity index (χ4v) is 4.88. The lowest BCUT2D eigenvalue weighted by Gasteiger charge is -2.26. The Kier molecular flexibility index (Phi) is 3.94. The number of hydrogen-bond acceptors (Lipinski definition) is 4. The van der Waals surface area contributed by atoms with Gasteiger partial charge >= 0.3 is 0 Å². The molecular weight excluding hydrogens is 354 g/mol. The fraction of sp³-hybridized carbons (Fsp3) is 0.417. The van der Waals surface area contributed by atoms with Gasteiger partial charge in [0.2, 0.25) is 0 Å². The fourth-order valence-electron chi connectivity index (χ4n) is 2.26. The molecule has 0 saturated carbocycles. The van der Waals surface area contributed by atoms with Crippen molar-refractivity contribution >= 4 is 37.4 Å². The molecule has 0 spiro atoms. The monoisotopic (exact) mass is 363 g/mol. The molecule has 2 rings (SSSR count). The summed E-state index contributed by atoms with van der Waals surface area (Å²) in [5.41, 5.74) is -0.863. The molecule has 102 valence electrons. The Labute approximate surface area is 125 Å². The van der Waals surface area contributed by atoms with Crippen molar-refractivity contribution in [1.82, 2.24) is 0 Å². The third-order valence-corrected chi connectivity index (χ3v) is 6.07. The molecule has 0 aliphatic carbocycles. The first-order chi connectivity index (χ1) is 8.80. The van der Waals surface area contributed by atoms with Crippen LogP contribution >= 0.6 is 27.5 Å². The van der Waals surface area contributed by atoms with Crippen molar-refractivity contribution in [3.63, 3.8) is 0 Å². The summed E-state index contributed by atoms with van der Waals surface area (Å²) in [4.78, 5) is 0. The molecule has 1 saturated heterocycles. The van der Waals surface area contributed by atoms with E-state index < -0.39 is 21.4 Å². The predicted octanol–water partition coefficient (Wildman–Crippen LogP) is 2.46. The molecule has 0 radical (unpaired) electrons. The molecular formula is C12H11BrClNO3S. The molecule has 0 aromatic heterocycles. The number of nitrogens with zero attached hydrogens (tertiary/aromatic N) is 1. The van der Waals surface area contributed by atoms with Crippen molar-refractivity contribution in [3.8, 4) is 6.07 Å². The zero-order valence-corrected chi connectivity index (χ0v) is 13.0. The van der Waals surface area contributed by atoms with E-state index in [1.165, 1.54) is 0 Å². The second kappa shape index (κ2) is 5.06. The number of halogens is 2. The van der Waals surface area contributed by atoms with Crippen LogP contribution in [-0.2, 0) is 9.84 Å². The van der Waals surface area contributed by atoms with Gasteiger partial charge in [-0.25, -0.2) is 8.42 Å². The minimum absolute atomic E-state index is 0.0736. The topological polar surface area (TPSA) is 78.2 Å². The van der Waals surface area contributed by atoms with Gasteiger partial charge in [-0.1, -0.05) is 27.5 Å². The molecule has 1 heterocycles. The molecule has 2 unspecified atom stereocenters. The smallest absolute Gasteiger partial charge is 0.152 e. The summed E-state index contributed by atoms with van der Waals surface area (Å²) in [6.07, 6.45) is -1.06. The highest BCUT2D eigenvalue weighted by Gasteiger charge is 2.49. The van der Waals surface area contributed by atoms with Gasteiger partial charge in [0.25, 0.3) is 0 Å². The Morgan fingerprint density at radius 2 is 2.21 bits per heavy atom. The quantitative estimate of drug-likeness (QED) is 0.874. The second-order valence-electron chi connectivity index (χ2n) is 4.68. The molecule has 7 heteroatoms. The predicted molar refractivity (Wildman–Crippen MR) is 75.4 cm³/mol. The van der Waals surface area contributed by atoms with Gasteiger partial charge in [0, 0.05) is 9.50 Å². The number of aliphatic hydroxyl groups is 1. The minimum atomic E-state index is -3.27. The van der Waals surface area contributed by atoms with Crippen LogP contribution in [0.2, 0.25) is 5.02 Å². The third-order valence-electron chi connectivity index (χ3n) is 3.34. The highest BCUT2D eigenvalue weighted by atomic mass is 79.9. The molecule has 19 heavy (non-hydrogen) atoms. The van der Waals surface area contributed by atoms with Crippen LogP contribution in [0.5, 0.6) is 0 Å². The van der Waals surface area contributed by atoms with Crippen molar-refractivity contribution in [1.29, 1.82) is 5.26 Å². The highest BCUT2D eigenvalue weighted by molar-refractivity contribution is 9.10. The number of nitriles is 1. The summed E-state index contributed by atoms with van der Waals surface area (Å²) < 4.78 is 23.8. The van der Waals surface area contributed by atoms with Crippen molar-refractivity contribution in [2.45, 2.75) is 12.5 Å². The van der Waals surface area contributed by atoms with Gasteiger partial charge in [0.1, 0.15) is 5.41 Å². The summed E-state index contributed by atoms with van der Waals surface area (Å²) in [5.74, 6) is -0.396. The van der Waals surface area contributed by atoms with Crippen LogP contribution in [0.4, 0.5) is 0 Å². The van der Waals surface area contributed by atoms with Gasteiger partial charge < -0.3 is 5.11 Å². The van der Waals surface area contributed by atoms with E-state index >= 15 is 0 Å². The number of benzene rings is 1. The van der Waals surface area contributed by atoms with Crippen LogP contribution < -0.4 is 0 Å². The first-order valence-corrected chi connectivity index (χ1v) is 8.54. The zero-order valence-electron chi connectivity index (χ0n) is 9.81. The minimum Gasteiger partial charge on any atom is -0.387 e. The van der Waals surface area contributed by atoms with Gasteiger partial charge in [0.15, 0.2) is 9.84 Å². The van der Waals surface area contributed by atoms with Gasteiger partial charge in [-0.15, -0.1) is 0 Å². The van der Waals surface area contributed by atoms with Gasteiger partial charge in [-0.3, -0.25) is 0 Å². The molecule has 2 atom stereocenters. The second-order valence-corrected chi connectivity index (χ2v) is 8.15. The van der Waals surface area contributed by atoms with Gasteiger partial charge in [0.05, 0.1) is 23.7 Å². The SMILES string of the molecule is N#CC1(C(O)c2cc(Cl)ccc2Br)CCS(=O)(=O)C1. The van der Waals surface area contributed by atoms with Crippen LogP contribution in [0.25, 0.3) is 0 Å². The molecule has 0 bridgehead atoms. The molecule has 0 amide bonds. The Hall–Kier alpha value is -0.610. The normalized spacial score (nSPS) is 26.8. The first-order valence-electron chi connectivity index (χ1n) is 5.54. The molecule has 1 aromatic rings. The van der Waals surface area contributed by atoms with E-state index in [4.69, 9.17) is 11.6 Å². The first kappa shape index (κ1) is 14.8. The van der Waals surface area contributed by atoms with E-state index in [1.54, 1.807) is 18.2 Å². The molecule has 1 aliphatic heterocycles. The molecule has 1 aromatic carbocycles. The Balaban J connectivity index is 2.46. The lowest BCUT2D eigenvalue weighted by atomic mass is 9.80. The number of sulfone groups is 1. The van der Waals surface area contributed by atoms with Gasteiger partial charge in [-0.2, -0.15) is 5.26 Å². The average Bonchev–Trinajstić information content (AvgIpc) is 2.68. The lowest BCUT2D eigenvalue weighted by molar-refractivity contribution is 0.0787. The van der Waals surface area contributed by atoms with Crippen LogP contribution in [0.3, 0.4) is 0 Å². The highest BCUT2D eigenvalue weighted by Crippen LogP contribution is 2.45. The van der Waals surface area contributed by atoms with Crippen LogP contribution in [0.1, 0.15) is 18.1 Å². The van der Waals surface area contributed by atoms with Crippen molar-refractivity contribution < 1.29 is 13.5 Å². The standard InChI is InChI=1S/C12H11BrClNO3S/c13-10-2-1-8(14)5-9(10)11(16)12(6-15)3-4-19(17,18)7-12/h1-2,5,11,16H,3-4,7H2. The average molecular weight is 365 g/mol.